The van der Waals surface area contributed by atoms with Crippen molar-refractivity contribution in [3.05, 3.63) is 63.0 Å². The fourth-order valence-electron chi connectivity index (χ4n) is 1.76. The van der Waals surface area contributed by atoms with Gasteiger partial charge in [-0.15, -0.1) is 0 Å². The number of carboxylic acids is 1. The number of benzene rings is 2. The molecule has 2 aromatic rings. The molecule has 20 heavy (non-hydrogen) atoms. The largest absolute Gasteiger partial charge is 0.491 e. The van der Waals surface area contributed by atoms with Gasteiger partial charge in [-0.3, -0.25) is 4.79 Å². The Hall–Kier alpha value is -1.33. The number of carbonyl (C=O) groups is 1. The molecule has 1 atom stereocenters. The summed E-state index contributed by atoms with van der Waals surface area (Å²) in [5.74, 6) is -0.966. The molecule has 5 heteroatoms. The zero-order chi connectivity index (χ0) is 14.5. The second-order valence-electron chi connectivity index (χ2n) is 4.19. The molecule has 0 radical (unpaired) electrons. The fourth-order valence-corrected chi connectivity index (χ4v) is 2.92. The van der Waals surface area contributed by atoms with E-state index in [0.29, 0.717) is 5.75 Å². The van der Waals surface area contributed by atoms with Crippen molar-refractivity contribution in [3.8, 4) is 5.75 Å². The molecule has 1 N–H and O–H groups in total. The molecule has 2 aromatic carbocycles. The monoisotopic (exact) mass is 398 g/mol. The summed E-state index contributed by atoms with van der Waals surface area (Å²) in [6.07, 6.45) is 0. The van der Waals surface area contributed by atoms with Crippen LogP contribution in [0.25, 0.3) is 0 Å². The number of hydrogen-bond donors (Lipinski definition) is 1. The van der Waals surface area contributed by atoms with Crippen LogP contribution in [0.3, 0.4) is 0 Å². The van der Waals surface area contributed by atoms with Gasteiger partial charge in [0, 0.05) is 4.47 Å². The standard InChI is InChI=1S/C15H12Br2O3/c16-11-6-7-14(13(17)8-11)20-9-12(15(18)19)10-4-2-1-3-5-10/h1-8,12H,9H2,(H,18,19). The Balaban J connectivity index is 2.12. The third-order valence-corrected chi connectivity index (χ3v) is 3.91. The summed E-state index contributed by atoms with van der Waals surface area (Å²) < 4.78 is 7.33. The summed E-state index contributed by atoms with van der Waals surface area (Å²) in [7, 11) is 0. The Bertz CT molecular complexity index is 599. The molecule has 0 saturated carbocycles. The maximum absolute atomic E-state index is 11.4. The second kappa shape index (κ2) is 6.90. The highest BCUT2D eigenvalue weighted by atomic mass is 79.9. The van der Waals surface area contributed by atoms with Gasteiger partial charge in [-0.2, -0.15) is 0 Å². The van der Waals surface area contributed by atoms with E-state index in [1.54, 1.807) is 18.2 Å². The van der Waals surface area contributed by atoms with E-state index in [4.69, 9.17) is 4.74 Å². The van der Waals surface area contributed by atoms with Crippen LogP contribution in [0.1, 0.15) is 11.5 Å². The first-order valence-electron chi connectivity index (χ1n) is 5.93. The second-order valence-corrected chi connectivity index (χ2v) is 5.96. The lowest BCUT2D eigenvalue weighted by molar-refractivity contribution is -0.139. The van der Waals surface area contributed by atoms with Crippen LogP contribution in [0, 0.1) is 0 Å². The van der Waals surface area contributed by atoms with Crippen molar-refractivity contribution >= 4 is 37.8 Å². The molecule has 2 rings (SSSR count). The van der Waals surface area contributed by atoms with Crippen LogP contribution >= 0.6 is 31.9 Å². The maximum atomic E-state index is 11.4. The third-order valence-electron chi connectivity index (χ3n) is 2.80. The molecule has 0 saturated heterocycles. The van der Waals surface area contributed by atoms with Gasteiger partial charge in [-0.25, -0.2) is 0 Å². The van der Waals surface area contributed by atoms with E-state index in [1.807, 2.05) is 30.3 Å². The molecule has 3 nitrogen and oxygen atoms in total. The van der Waals surface area contributed by atoms with Crippen molar-refractivity contribution in [1.82, 2.24) is 0 Å². The quantitative estimate of drug-likeness (QED) is 0.807. The highest BCUT2D eigenvalue weighted by molar-refractivity contribution is 9.11. The van der Waals surface area contributed by atoms with Crippen molar-refractivity contribution in [2.75, 3.05) is 6.61 Å². The van der Waals surface area contributed by atoms with Gasteiger partial charge in [0.25, 0.3) is 0 Å². The SMILES string of the molecule is O=C(O)C(COc1ccc(Br)cc1Br)c1ccccc1. The highest BCUT2D eigenvalue weighted by Gasteiger charge is 2.20. The number of hydrogen-bond acceptors (Lipinski definition) is 2. The number of ether oxygens (including phenoxy) is 1. The van der Waals surface area contributed by atoms with Crippen molar-refractivity contribution in [2.45, 2.75) is 5.92 Å². The Kier molecular flexibility index (Phi) is 5.20. The molecule has 0 aromatic heterocycles. The summed E-state index contributed by atoms with van der Waals surface area (Å²) >= 11 is 6.74. The zero-order valence-corrected chi connectivity index (χ0v) is 13.6. The minimum absolute atomic E-state index is 0.0829. The van der Waals surface area contributed by atoms with Gasteiger partial charge in [-0.05, 0) is 39.7 Å². The van der Waals surface area contributed by atoms with E-state index in [2.05, 4.69) is 31.9 Å². The van der Waals surface area contributed by atoms with Crippen LogP contribution in [0.2, 0.25) is 0 Å². The third kappa shape index (κ3) is 3.84. The Morgan fingerprint density at radius 2 is 1.85 bits per heavy atom. The number of rotatable bonds is 5. The lowest BCUT2D eigenvalue weighted by Gasteiger charge is -2.15. The van der Waals surface area contributed by atoms with Crippen LogP contribution in [-0.4, -0.2) is 17.7 Å². The van der Waals surface area contributed by atoms with Crippen LogP contribution in [0.15, 0.2) is 57.5 Å². The fraction of sp³-hybridized carbons (Fsp3) is 0.133. The molecule has 0 aliphatic heterocycles. The van der Waals surface area contributed by atoms with Crippen LogP contribution in [-0.2, 0) is 4.79 Å². The van der Waals surface area contributed by atoms with E-state index in [-0.39, 0.29) is 6.61 Å². The van der Waals surface area contributed by atoms with Crippen molar-refractivity contribution in [1.29, 1.82) is 0 Å². The predicted molar refractivity (Wildman–Crippen MR) is 84.2 cm³/mol. The van der Waals surface area contributed by atoms with Gasteiger partial charge in [0.1, 0.15) is 18.3 Å². The van der Waals surface area contributed by atoms with Gasteiger partial charge >= 0.3 is 5.97 Å². The smallest absolute Gasteiger partial charge is 0.314 e. The average Bonchev–Trinajstić information content (AvgIpc) is 2.42. The van der Waals surface area contributed by atoms with Crippen molar-refractivity contribution < 1.29 is 14.6 Å². The predicted octanol–water partition coefficient (Wildman–Crippen LogP) is 4.46. The molecule has 0 bridgehead atoms. The van der Waals surface area contributed by atoms with E-state index >= 15 is 0 Å². The molecule has 0 fully saturated rings. The van der Waals surface area contributed by atoms with Gasteiger partial charge in [0.2, 0.25) is 0 Å². The molecular formula is C15H12Br2O3. The molecule has 0 amide bonds. The molecule has 0 spiro atoms. The first-order chi connectivity index (χ1) is 9.58. The zero-order valence-electron chi connectivity index (χ0n) is 10.4. The van der Waals surface area contributed by atoms with Crippen LogP contribution in [0.4, 0.5) is 0 Å². The van der Waals surface area contributed by atoms with Crippen molar-refractivity contribution in [2.24, 2.45) is 0 Å². The normalized spacial score (nSPS) is 11.9. The van der Waals surface area contributed by atoms with E-state index in [0.717, 1.165) is 14.5 Å². The highest BCUT2D eigenvalue weighted by Crippen LogP contribution is 2.29. The van der Waals surface area contributed by atoms with Gasteiger partial charge < -0.3 is 9.84 Å². The van der Waals surface area contributed by atoms with Gasteiger partial charge in [0.05, 0.1) is 4.47 Å². The molecule has 0 aliphatic carbocycles. The van der Waals surface area contributed by atoms with Crippen LogP contribution in [0.5, 0.6) is 5.75 Å². The lowest BCUT2D eigenvalue weighted by Crippen LogP contribution is -2.19. The van der Waals surface area contributed by atoms with E-state index < -0.39 is 11.9 Å². The summed E-state index contributed by atoms with van der Waals surface area (Å²) in [6, 6.07) is 14.6. The lowest BCUT2D eigenvalue weighted by atomic mass is 10.0. The number of halogens is 2. The van der Waals surface area contributed by atoms with Crippen LogP contribution < -0.4 is 4.74 Å². The molecular weight excluding hydrogens is 388 g/mol. The number of carboxylic acid groups (broad SMARTS) is 1. The summed E-state index contributed by atoms with van der Waals surface area (Å²) in [6.45, 7) is 0.0829. The summed E-state index contributed by atoms with van der Waals surface area (Å²) in [4.78, 5) is 11.4. The Morgan fingerprint density at radius 3 is 2.45 bits per heavy atom. The first-order valence-corrected chi connectivity index (χ1v) is 7.52. The topological polar surface area (TPSA) is 46.5 Å². The minimum Gasteiger partial charge on any atom is -0.491 e. The molecule has 1 unspecified atom stereocenters. The summed E-state index contributed by atoms with van der Waals surface area (Å²) in [5, 5.41) is 9.32. The maximum Gasteiger partial charge on any atom is 0.314 e. The van der Waals surface area contributed by atoms with Gasteiger partial charge in [0.15, 0.2) is 0 Å². The van der Waals surface area contributed by atoms with Gasteiger partial charge in [-0.1, -0.05) is 46.3 Å². The molecule has 0 heterocycles. The number of aliphatic carboxylic acids is 1. The minimum atomic E-state index is -0.899. The van der Waals surface area contributed by atoms with Crippen molar-refractivity contribution in [3.63, 3.8) is 0 Å². The van der Waals surface area contributed by atoms with E-state index in [1.165, 1.54) is 0 Å². The first kappa shape index (κ1) is 15.1. The summed E-state index contributed by atoms with van der Waals surface area (Å²) in [5.41, 5.74) is 0.730. The average molecular weight is 400 g/mol. The molecule has 0 aliphatic rings. The molecule has 104 valence electrons. The Labute approximate surface area is 133 Å². The Morgan fingerprint density at radius 1 is 1.15 bits per heavy atom. The van der Waals surface area contributed by atoms with E-state index in [9.17, 15) is 9.90 Å².